The Balaban J connectivity index is 1.78. The van der Waals surface area contributed by atoms with Crippen molar-refractivity contribution in [2.24, 2.45) is 0 Å². The molecular weight excluding hydrogens is 340 g/mol. The van der Waals surface area contributed by atoms with Crippen LogP contribution in [-0.4, -0.2) is 29.1 Å². The molecule has 2 nitrogen and oxygen atoms in total. The van der Waals surface area contributed by atoms with Crippen LogP contribution in [0.2, 0.25) is 0 Å². The second-order valence-electron chi connectivity index (χ2n) is 8.48. The third kappa shape index (κ3) is 8.71. The van der Waals surface area contributed by atoms with Gasteiger partial charge < -0.3 is 9.80 Å². The maximum absolute atomic E-state index is 2.60. The van der Waals surface area contributed by atoms with E-state index < -0.39 is 0 Å². The van der Waals surface area contributed by atoms with Crippen LogP contribution in [-0.2, 0) is 6.42 Å². The molecule has 0 aromatic heterocycles. The van der Waals surface area contributed by atoms with E-state index in [-0.39, 0.29) is 0 Å². The van der Waals surface area contributed by atoms with Gasteiger partial charge in [0.15, 0.2) is 0 Å². The van der Waals surface area contributed by atoms with Gasteiger partial charge >= 0.3 is 0 Å². The highest BCUT2D eigenvalue weighted by atomic mass is 15.4. The van der Waals surface area contributed by atoms with E-state index in [1.165, 1.54) is 95.7 Å². The van der Waals surface area contributed by atoms with Gasteiger partial charge in [0.1, 0.15) is 6.17 Å². The van der Waals surface area contributed by atoms with E-state index in [0.717, 1.165) is 6.42 Å². The summed E-state index contributed by atoms with van der Waals surface area (Å²) in [5.74, 6) is 0. The first-order valence-electron chi connectivity index (χ1n) is 12.1. The van der Waals surface area contributed by atoms with Crippen molar-refractivity contribution in [3.8, 4) is 0 Å². The van der Waals surface area contributed by atoms with Crippen molar-refractivity contribution >= 4 is 0 Å². The van der Waals surface area contributed by atoms with Crippen LogP contribution in [0.5, 0.6) is 0 Å². The lowest BCUT2D eigenvalue weighted by atomic mass is 10.1. The molecule has 1 aromatic carbocycles. The highest BCUT2D eigenvalue weighted by molar-refractivity contribution is 5.17. The lowest BCUT2D eigenvalue weighted by Gasteiger charge is -2.33. The van der Waals surface area contributed by atoms with Crippen molar-refractivity contribution < 1.29 is 0 Å². The van der Waals surface area contributed by atoms with Crippen molar-refractivity contribution in [3.05, 3.63) is 48.3 Å². The molecular formula is C26H44N2. The van der Waals surface area contributed by atoms with E-state index in [1.54, 1.807) is 0 Å². The number of nitrogens with zero attached hydrogens (tertiary/aromatic N) is 2. The minimum atomic E-state index is 0.508. The Hall–Kier alpha value is -1.44. The molecule has 0 saturated carbocycles. The summed E-state index contributed by atoms with van der Waals surface area (Å²) < 4.78 is 0. The Morgan fingerprint density at radius 3 is 1.57 bits per heavy atom. The summed E-state index contributed by atoms with van der Waals surface area (Å²) in [5.41, 5.74) is 1.46. The number of hydrogen-bond donors (Lipinski definition) is 0. The van der Waals surface area contributed by atoms with Crippen LogP contribution in [0.25, 0.3) is 0 Å². The van der Waals surface area contributed by atoms with Crippen molar-refractivity contribution in [2.75, 3.05) is 13.1 Å². The van der Waals surface area contributed by atoms with E-state index in [2.05, 4.69) is 66.4 Å². The van der Waals surface area contributed by atoms with Gasteiger partial charge in [-0.15, -0.1) is 0 Å². The Labute approximate surface area is 175 Å². The molecule has 1 atom stereocenters. The highest BCUT2D eigenvalue weighted by Crippen LogP contribution is 2.22. The molecule has 0 aliphatic carbocycles. The largest absolute Gasteiger partial charge is 0.356 e. The summed E-state index contributed by atoms with van der Waals surface area (Å²) >= 11 is 0. The van der Waals surface area contributed by atoms with Crippen molar-refractivity contribution in [1.82, 2.24) is 9.80 Å². The van der Waals surface area contributed by atoms with Gasteiger partial charge in [0.2, 0.25) is 0 Å². The van der Waals surface area contributed by atoms with E-state index in [9.17, 15) is 0 Å². The zero-order valence-electron chi connectivity index (χ0n) is 18.6. The number of unbranched alkanes of at least 4 members (excludes halogenated alkanes) is 10. The van der Waals surface area contributed by atoms with Gasteiger partial charge in [-0.1, -0.05) is 108 Å². The van der Waals surface area contributed by atoms with E-state index in [0.29, 0.717) is 6.17 Å². The maximum atomic E-state index is 2.60. The molecule has 0 fully saturated rings. The lowest BCUT2D eigenvalue weighted by Crippen LogP contribution is -2.41. The molecule has 1 aromatic rings. The Morgan fingerprint density at radius 1 is 0.607 bits per heavy atom. The predicted molar refractivity (Wildman–Crippen MR) is 123 cm³/mol. The molecule has 2 rings (SSSR count). The number of rotatable bonds is 16. The van der Waals surface area contributed by atoms with Gasteiger partial charge in [-0.3, -0.25) is 0 Å². The number of hydrogen-bond acceptors (Lipinski definition) is 2. The van der Waals surface area contributed by atoms with Gasteiger partial charge in [-0.05, 0) is 18.4 Å². The fourth-order valence-electron chi connectivity index (χ4n) is 4.22. The molecule has 0 radical (unpaired) electrons. The first-order chi connectivity index (χ1) is 13.8. The monoisotopic (exact) mass is 384 g/mol. The quantitative estimate of drug-likeness (QED) is 0.275. The van der Waals surface area contributed by atoms with Crippen molar-refractivity contribution in [3.63, 3.8) is 0 Å². The topological polar surface area (TPSA) is 6.48 Å². The Kier molecular flexibility index (Phi) is 11.9. The molecule has 0 saturated heterocycles. The van der Waals surface area contributed by atoms with E-state index >= 15 is 0 Å². The molecule has 0 spiro atoms. The third-order valence-corrected chi connectivity index (χ3v) is 6.02. The summed E-state index contributed by atoms with van der Waals surface area (Å²) in [6.45, 7) is 6.99. The molecule has 0 N–H and O–H groups in total. The highest BCUT2D eigenvalue weighted by Gasteiger charge is 2.25. The fourth-order valence-corrected chi connectivity index (χ4v) is 4.22. The van der Waals surface area contributed by atoms with Crippen LogP contribution in [0.1, 0.15) is 96.5 Å². The normalized spacial score (nSPS) is 16.3. The third-order valence-electron chi connectivity index (χ3n) is 6.02. The summed E-state index contributed by atoms with van der Waals surface area (Å²) in [5, 5.41) is 0. The molecule has 2 heteroatoms. The van der Waals surface area contributed by atoms with Crippen LogP contribution in [0, 0.1) is 0 Å². The summed E-state index contributed by atoms with van der Waals surface area (Å²) in [6, 6.07) is 11.0. The Morgan fingerprint density at radius 2 is 1.07 bits per heavy atom. The second-order valence-corrected chi connectivity index (χ2v) is 8.48. The predicted octanol–water partition coefficient (Wildman–Crippen LogP) is 7.37. The van der Waals surface area contributed by atoms with Crippen molar-refractivity contribution in [2.45, 2.75) is 103 Å². The fraction of sp³-hybridized carbons (Fsp3) is 0.692. The van der Waals surface area contributed by atoms with Gasteiger partial charge in [-0.2, -0.15) is 0 Å². The summed E-state index contributed by atoms with van der Waals surface area (Å²) in [4.78, 5) is 5.20. The Bertz CT molecular complexity index is 510. The van der Waals surface area contributed by atoms with E-state index in [1.807, 2.05) is 0 Å². The average Bonchev–Trinajstić information content (AvgIpc) is 3.09. The lowest BCUT2D eigenvalue weighted by molar-refractivity contribution is 0.148. The first-order valence-corrected chi connectivity index (χ1v) is 12.1. The smallest absolute Gasteiger partial charge is 0.105 e. The zero-order chi connectivity index (χ0) is 19.9. The van der Waals surface area contributed by atoms with Gasteiger partial charge in [0.25, 0.3) is 0 Å². The standard InChI is InChI=1S/C26H44N2/c1-3-5-7-9-10-12-17-21-28-23-22-27(20-16-11-8-6-4-2)26(28)24-25-18-14-13-15-19-25/h13-15,18-19,22-23,26H,3-12,16-17,20-21,24H2,1-2H3. The first kappa shape index (κ1) is 22.8. The van der Waals surface area contributed by atoms with Gasteiger partial charge in [0, 0.05) is 31.9 Å². The van der Waals surface area contributed by atoms with Crippen LogP contribution >= 0.6 is 0 Å². The van der Waals surface area contributed by atoms with Crippen molar-refractivity contribution in [1.29, 1.82) is 0 Å². The second kappa shape index (κ2) is 14.5. The van der Waals surface area contributed by atoms with Crippen LogP contribution in [0.4, 0.5) is 0 Å². The number of benzene rings is 1. The SMILES string of the molecule is CCCCCCCCCN1C=CN(CCCCCCC)C1Cc1ccccc1. The molecule has 0 amide bonds. The molecule has 158 valence electrons. The summed E-state index contributed by atoms with van der Waals surface area (Å²) in [6.07, 6.45) is 22.8. The van der Waals surface area contributed by atoms with Crippen LogP contribution in [0.3, 0.4) is 0 Å². The molecule has 1 unspecified atom stereocenters. The van der Waals surface area contributed by atoms with Crippen LogP contribution < -0.4 is 0 Å². The molecule has 28 heavy (non-hydrogen) atoms. The zero-order valence-corrected chi connectivity index (χ0v) is 18.6. The van der Waals surface area contributed by atoms with Crippen LogP contribution in [0.15, 0.2) is 42.7 Å². The minimum Gasteiger partial charge on any atom is -0.356 e. The minimum absolute atomic E-state index is 0.508. The molecule has 1 aliphatic heterocycles. The molecule has 1 heterocycles. The van der Waals surface area contributed by atoms with E-state index in [4.69, 9.17) is 0 Å². The molecule has 1 aliphatic rings. The molecule has 0 bridgehead atoms. The maximum Gasteiger partial charge on any atom is 0.105 e. The summed E-state index contributed by atoms with van der Waals surface area (Å²) in [7, 11) is 0. The van der Waals surface area contributed by atoms with Gasteiger partial charge in [-0.25, -0.2) is 0 Å². The van der Waals surface area contributed by atoms with Gasteiger partial charge in [0.05, 0.1) is 0 Å². The average molecular weight is 385 g/mol.